The smallest absolute Gasteiger partial charge is 0.215 e. The van der Waals surface area contributed by atoms with Gasteiger partial charge >= 0.3 is 0 Å². The van der Waals surface area contributed by atoms with Crippen LogP contribution < -0.4 is 0 Å². The Kier molecular flexibility index (Phi) is 3.73. The minimum absolute atomic E-state index is 0.0979. The summed E-state index contributed by atoms with van der Waals surface area (Å²) >= 11 is 0. The summed E-state index contributed by atoms with van der Waals surface area (Å²) in [5, 5.41) is 9.61. The van der Waals surface area contributed by atoms with Crippen molar-refractivity contribution in [2.75, 3.05) is 13.2 Å². The van der Waals surface area contributed by atoms with Crippen molar-refractivity contribution in [1.29, 1.82) is 0 Å². The molecule has 98 valence electrons. The van der Waals surface area contributed by atoms with E-state index in [9.17, 15) is 5.11 Å². The molecule has 0 amide bonds. The fourth-order valence-corrected chi connectivity index (χ4v) is 2.55. The van der Waals surface area contributed by atoms with Gasteiger partial charge in [0, 0.05) is 23.7 Å². The Morgan fingerprint density at radius 2 is 2.11 bits per heavy atom. The molecule has 0 aliphatic heterocycles. The number of allylic oxidation sites excluding steroid dienone is 1. The van der Waals surface area contributed by atoms with E-state index in [1.165, 1.54) is 0 Å². The SMILES string of the molecule is C[Si](C)(C)OCCOC1=CCc2c1ccnc2O. The average Bonchev–Trinajstić information content (AvgIpc) is 2.68. The van der Waals surface area contributed by atoms with Gasteiger partial charge in [0.1, 0.15) is 12.4 Å². The number of pyridine rings is 1. The molecule has 1 aromatic rings. The molecule has 4 nitrogen and oxygen atoms in total. The normalized spacial score (nSPS) is 14.3. The van der Waals surface area contributed by atoms with Crippen LogP contribution in [0.2, 0.25) is 19.6 Å². The molecule has 0 spiro atoms. The maximum absolute atomic E-state index is 9.61. The highest BCUT2D eigenvalue weighted by Crippen LogP contribution is 2.32. The summed E-state index contributed by atoms with van der Waals surface area (Å²) in [4.78, 5) is 3.86. The Morgan fingerprint density at radius 1 is 1.33 bits per heavy atom. The average molecular weight is 265 g/mol. The largest absolute Gasteiger partial charge is 0.493 e. The highest BCUT2D eigenvalue weighted by molar-refractivity contribution is 6.69. The summed E-state index contributed by atoms with van der Waals surface area (Å²) in [6.07, 6.45) is 4.25. The molecule has 0 saturated carbocycles. The number of aromatic nitrogens is 1. The Hall–Kier alpha value is -1.33. The maximum atomic E-state index is 9.61. The number of fused-ring (bicyclic) bond motifs is 1. The number of aromatic hydroxyl groups is 1. The molecule has 1 heterocycles. The molecule has 0 aromatic carbocycles. The zero-order valence-corrected chi connectivity index (χ0v) is 12.1. The molecule has 0 saturated heterocycles. The van der Waals surface area contributed by atoms with E-state index in [1.54, 1.807) is 6.20 Å². The van der Waals surface area contributed by atoms with Crippen molar-refractivity contribution in [3.05, 3.63) is 29.5 Å². The number of hydrogen-bond donors (Lipinski definition) is 1. The Morgan fingerprint density at radius 3 is 2.83 bits per heavy atom. The number of ether oxygens (including phenoxy) is 1. The van der Waals surface area contributed by atoms with E-state index in [0.717, 1.165) is 16.9 Å². The zero-order valence-electron chi connectivity index (χ0n) is 11.1. The molecule has 0 atom stereocenters. The van der Waals surface area contributed by atoms with Gasteiger partial charge in [0.15, 0.2) is 8.32 Å². The zero-order chi connectivity index (χ0) is 13.2. The van der Waals surface area contributed by atoms with Crippen LogP contribution in [0.25, 0.3) is 5.76 Å². The lowest BCUT2D eigenvalue weighted by Gasteiger charge is -2.17. The van der Waals surface area contributed by atoms with E-state index in [2.05, 4.69) is 24.6 Å². The van der Waals surface area contributed by atoms with Crippen molar-refractivity contribution in [1.82, 2.24) is 4.98 Å². The van der Waals surface area contributed by atoms with Crippen molar-refractivity contribution in [2.24, 2.45) is 0 Å². The lowest BCUT2D eigenvalue weighted by atomic mass is 10.1. The fraction of sp³-hybridized carbons (Fsp3) is 0.462. The van der Waals surface area contributed by atoms with E-state index in [1.807, 2.05) is 12.1 Å². The monoisotopic (exact) mass is 265 g/mol. The van der Waals surface area contributed by atoms with E-state index >= 15 is 0 Å². The fourth-order valence-electron chi connectivity index (χ4n) is 1.85. The Balaban J connectivity index is 1.89. The molecule has 0 unspecified atom stereocenters. The molecule has 1 aromatic heterocycles. The molecule has 1 N–H and O–H groups in total. The highest BCUT2D eigenvalue weighted by atomic mass is 28.4. The second kappa shape index (κ2) is 5.12. The first-order valence-electron chi connectivity index (χ1n) is 6.11. The summed E-state index contributed by atoms with van der Waals surface area (Å²) in [5.74, 6) is 0.919. The Labute approximate surface area is 108 Å². The van der Waals surface area contributed by atoms with Gasteiger partial charge in [0.2, 0.25) is 5.88 Å². The molecule has 2 rings (SSSR count). The van der Waals surface area contributed by atoms with Gasteiger partial charge in [-0.25, -0.2) is 4.98 Å². The third-order valence-corrected chi connectivity index (χ3v) is 3.74. The van der Waals surface area contributed by atoms with Crippen LogP contribution in [-0.4, -0.2) is 31.6 Å². The third kappa shape index (κ3) is 3.11. The third-order valence-electron chi connectivity index (χ3n) is 2.67. The number of hydrogen-bond acceptors (Lipinski definition) is 4. The van der Waals surface area contributed by atoms with Gasteiger partial charge in [-0.3, -0.25) is 0 Å². The molecule has 1 aliphatic rings. The van der Waals surface area contributed by atoms with Crippen LogP contribution in [0, 0.1) is 0 Å². The first-order chi connectivity index (χ1) is 8.47. The summed E-state index contributed by atoms with van der Waals surface area (Å²) in [7, 11) is -1.46. The first-order valence-corrected chi connectivity index (χ1v) is 9.52. The van der Waals surface area contributed by atoms with Crippen LogP contribution in [-0.2, 0) is 15.6 Å². The van der Waals surface area contributed by atoms with Gasteiger partial charge < -0.3 is 14.3 Å². The van der Waals surface area contributed by atoms with Crippen LogP contribution in [0.1, 0.15) is 11.1 Å². The van der Waals surface area contributed by atoms with Gasteiger partial charge in [0.25, 0.3) is 0 Å². The van der Waals surface area contributed by atoms with Crippen molar-refractivity contribution in [3.8, 4) is 5.88 Å². The minimum Gasteiger partial charge on any atom is -0.493 e. The van der Waals surface area contributed by atoms with Gasteiger partial charge in [-0.2, -0.15) is 0 Å². The quantitative estimate of drug-likeness (QED) is 0.656. The lowest BCUT2D eigenvalue weighted by Crippen LogP contribution is -2.27. The van der Waals surface area contributed by atoms with Crippen LogP contribution in [0.3, 0.4) is 0 Å². The number of rotatable bonds is 5. The molecule has 5 heteroatoms. The van der Waals surface area contributed by atoms with E-state index in [0.29, 0.717) is 19.6 Å². The summed E-state index contributed by atoms with van der Waals surface area (Å²) in [6, 6.07) is 1.87. The molecule has 0 bridgehead atoms. The Bertz CT molecular complexity index is 466. The van der Waals surface area contributed by atoms with Gasteiger partial charge in [0.05, 0.1) is 6.61 Å². The number of nitrogens with zero attached hydrogens (tertiary/aromatic N) is 1. The van der Waals surface area contributed by atoms with Crippen molar-refractivity contribution < 1.29 is 14.3 Å². The second-order valence-electron chi connectivity index (χ2n) is 5.24. The van der Waals surface area contributed by atoms with Gasteiger partial charge in [-0.1, -0.05) is 0 Å². The first kappa shape index (κ1) is 13.1. The molecule has 0 radical (unpaired) electrons. The highest BCUT2D eigenvalue weighted by Gasteiger charge is 2.19. The maximum Gasteiger partial charge on any atom is 0.215 e. The topological polar surface area (TPSA) is 51.6 Å². The van der Waals surface area contributed by atoms with Crippen molar-refractivity contribution >= 4 is 14.1 Å². The lowest BCUT2D eigenvalue weighted by molar-refractivity contribution is 0.191. The van der Waals surface area contributed by atoms with Crippen LogP contribution in [0.4, 0.5) is 0 Å². The predicted octanol–water partition coefficient (Wildman–Crippen LogP) is 2.55. The molecular weight excluding hydrogens is 246 g/mol. The van der Waals surface area contributed by atoms with Crippen LogP contribution in [0.15, 0.2) is 18.3 Å². The minimum atomic E-state index is -1.46. The predicted molar refractivity (Wildman–Crippen MR) is 72.8 cm³/mol. The summed E-state index contributed by atoms with van der Waals surface area (Å²) in [5.41, 5.74) is 1.79. The van der Waals surface area contributed by atoms with Gasteiger partial charge in [-0.05, 0) is 31.8 Å². The van der Waals surface area contributed by atoms with Crippen molar-refractivity contribution in [2.45, 2.75) is 26.1 Å². The van der Waals surface area contributed by atoms with Crippen LogP contribution >= 0.6 is 0 Å². The standard InChI is InChI=1S/C13H19NO3Si/c1-18(2,3)17-9-8-16-12-5-4-11-10(12)6-7-14-13(11)15/h5-7H,4,8-9H2,1-3H3,(H,14,15). The van der Waals surface area contributed by atoms with Gasteiger partial charge in [-0.15, -0.1) is 0 Å². The second-order valence-corrected chi connectivity index (χ2v) is 9.76. The summed E-state index contributed by atoms with van der Waals surface area (Å²) < 4.78 is 11.4. The van der Waals surface area contributed by atoms with Crippen LogP contribution in [0.5, 0.6) is 5.88 Å². The molecule has 0 fully saturated rings. The van der Waals surface area contributed by atoms with Crippen molar-refractivity contribution in [3.63, 3.8) is 0 Å². The van der Waals surface area contributed by atoms with E-state index in [4.69, 9.17) is 9.16 Å². The molecule has 1 aliphatic carbocycles. The van der Waals surface area contributed by atoms with E-state index < -0.39 is 8.32 Å². The van der Waals surface area contributed by atoms with E-state index in [-0.39, 0.29) is 5.88 Å². The summed E-state index contributed by atoms with van der Waals surface area (Å²) in [6.45, 7) is 7.61. The molecular formula is C13H19NO3Si. The molecule has 18 heavy (non-hydrogen) atoms.